The van der Waals surface area contributed by atoms with Crippen molar-refractivity contribution in [2.24, 2.45) is 0 Å². The molecule has 1 unspecified atom stereocenters. The van der Waals surface area contributed by atoms with E-state index in [1.807, 2.05) is 0 Å². The van der Waals surface area contributed by atoms with Gasteiger partial charge in [0.2, 0.25) is 5.91 Å². The van der Waals surface area contributed by atoms with Crippen LogP contribution in [0.3, 0.4) is 0 Å². The Bertz CT molecular complexity index is 407. The summed E-state index contributed by atoms with van der Waals surface area (Å²) in [5.41, 5.74) is 0.123. The number of amides is 1. The Hall–Kier alpha value is -0.260. The highest BCUT2D eigenvalue weighted by molar-refractivity contribution is 7.99. The van der Waals surface area contributed by atoms with Crippen LogP contribution in [0, 0.1) is 0 Å². The molecule has 4 fully saturated rings. The molecule has 1 amide bonds. The van der Waals surface area contributed by atoms with Crippen LogP contribution in [-0.4, -0.2) is 71.1 Å². The van der Waals surface area contributed by atoms with Gasteiger partial charge in [0.25, 0.3) is 0 Å². The van der Waals surface area contributed by atoms with E-state index in [0.717, 1.165) is 39.1 Å². The maximum absolute atomic E-state index is 12.6. The van der Waals surface area contributed by atoms with Crippen LogP contribution < -0.4 is 0 Å². The van der Waals surface area contributed by atoms with Gasteiger partial charge in [-0.1, -0.05) is 0 Å². The monoisotopic (exact) mass is 310 g/mol. The van der Waals surface area contributed by atoms with Gasteiger partial charge in [0.15, 0.2) is 0 Å². The maximum Gasteiger partial charge on any atom is 0.240 e. The molecule has 1 atom stereocenters. The molecule has 0 N–H and O–H groups in total. The first-order valence-corrected chi connectivity index (χ1v) is 9.69. The summed E-state index contributed by atoms with van der Waals surface area (Å²) >= 11 is 2.05. The van der Waals surface area contributed by atoms with Crippen LogP contribution in [0.4, 0.5) is 0 Å². The molecule has 3 saturated heterocycles. The number of thioether (sulfide) groups is 1. The normalized spacial score (nSPS) is 34.4. The molecule has 0 bridgehead atoms. The quantitative estimate of drug-likeness (QED) is 0.778. The molecule has 4 nitrogen and oxygen atoms in total. The van der Waals surface area contributed by atoms with Crippen LogP contribution in [0.5, 0.6) is 0 Å². The highest BCUT2D eigenvalue weighted by Gasteiger charge is 2.44. The van der Waals surface area contributed by atoms with Crippen molar-refractivity contribution in [2.75, 3.05) is 37.7 Å². The van der Waals surface area contributed by atoms with Crippen LogP contribution in [0.15, 0.2) is 0 Å². The van der Waals surface area contributed by atoms with Crippen molar-refractivity contribution in [3.8, 4) is 0 Å². The summed E-state index contributed by atoms with van der Waals surface area (Å²) in [6, 6.07) is 0.717. The van der Waals surface area contributed by atoms with Crippen molar-refractivity contribution in [1.29, 1.82) is 0 Å². The van der Waals surface area contributed by atoms with E-state index in [0.29, 0.717) is 11.9 Å². The fraction of sp³-hybridized carbons (Fsp3) is 0.938. The molecule has 0 radical (unpaired) electrons. The van der Waals surface area contributed by atoms with Gasteiger partial charge in [0.05, 0.1) is 18.2 Å². The molecule has 0 aromatic carbocycles. The van der Waals surface area contributed by atoms with Gasteiger partial charge in [0, 0.05) is 25.7 Å². The summed E-state index contributed by atoms with van der Waals surface area (Å²) < 4.78 is 6.26. The van der Waals surface area contributed by atoms with E-state index in [4.69, 9.17) is 4.74 Å². The number of likely N-dealkylation sites (tertiary alicyclic amines) is 1. The summed E-state index contributed by atoms with van der Waals surface area (Å²) in [5.74, 6) is 2.86. The Morgan fingerprint density at radius 2 is 1.86 bits per heavy atom. The highest BCUT2D eigenvalue weighted by atomic mass is 32.2. The number of rotatable bonds is 2. The Kier molecular flexibility index (Phi) is 3.92. The third-order valence-corrected chi connectivity index (χ3v) is 6.67. The van der Waals surface area contributed by atoms with Gasteiger partial charge in [-0.3, -0.25) is 9.69 Å². The average Bonchev–Trinajstić information content (AvgIpc) is 3.29. The number of nitrogens with zero attached hydrogens (tertiary/aromatic N) is 2. The predicted octanol–water partition coefficient (Wildman–Crippen LogP) is 1.74. The van der Waals surface area contributed by atoms with E-state index >= 15 is 0 Å². The molecule has 0 aromatic rings. The van der Waals surface area contributed by atoms with Crippen molar-refractivity contribution in [3.63, 3.8) is 0 Å². The second-order valence-electron chi connectivity index (χ2n) is 7.00. The van der Waals surface area contributed by atoms with Crippen molar-refractivity contribution in [2.45, 2.75) is 56.2 Å². The molecular weight excluding hydrogens is 284 g/mol. The van der Waals surface area contributed by atoms with Crippen LogP contribution in [-0.2, 0) is 9.53 Å². The first kappa shape index (κ1) is 14.3. The molecule has 1 aliphatic carbocycles. The molecular formula is C16H26N2O2S. The van der Waals surface area contributed by atoms with Crippen LogP contribution >= 0.6 is 11.8 Å². The van der Waals surface area contributed by atoms with Gasteiger partial charge in [0.1, 0.15) is 0 Å². The Morgan fingerprint density at radius 1 is 1.05 bits per heavy atom. The van der Waals surface area contributed by atoms with Gasteiger partial charge in [-0.2, -0.15) is 11.8 Å². The number of ether oxygens (including phenoxy) is 1. The van der Waals surface area contributed by atoms with Gasteiger partial charge < -0.3 is 9.64 Å². The minimum absolute atomic E-state index is 0.123. The van der Waals surface area contributed by atoms with Gasteiger partial charge in [-0.05, 0) is 50.0 Å². The maximum atomic E-state index is 12.6. The number of carbonyl (C=O) groups excluding carboxylic acids is 1. The molecule has 1 spiro atoms. The highest BCUT2D eigenvalue weighted by Crippen LogP contribution is 2.36. The van der Waals surface area contributed by atoms with E-state index in [1.165, 1.54) is 37.2 Å². The largest absolute Gasteiger partial charge is 0.374 e. The van der Waals surface area contributed by atoms with Crippen molar-refractivity contribution in [1.82, 2.24) is 9.80 Å². The minimum Gasteiger partial charge on any atom is -0.374 e. The molecule has 3 heterocycles. The van der Waals surface area contributed by atoms with E-state index < -0.39 is 0 Å². The van der Waals surface area contributed by atoms with Crippen molar-refractivity contribution < 1.29 is 9.53 Å². The van der Waals surface area contributed by atoms with E-state index in [9.17, 15) is 4.79 Å². The molecule has 4 aliphatic rings. The number of hydrogen-bond donors (Lipinski definition) is 0. The molecule has 4 rings (SSSR count). The number of carbonyl (C=O) groups is 1. The third-order valence-electron chi connectivity index (χ3n) is 5.69. The van der Waals surface area contributed by atoms with Crippen LogP contribution in [0.1, 0.15) is 38.5 Å². The molecule has 118 valence electrons. The topological polar surface area (TPSA) is 32.8 Å². The fourth-order valence-electron chi connectivity index (χ4n) is 4.13. The lowest BCUT2D eigenvalue weighted by atomic mass is 9.92. The van der Waals surface area contributed by atoms with Crippen LogP contribution in [0.25, 0.3) is 0 Å². The lowest BCUT2D eigenvalue weighted by Crippen LogP contribution is -2.44. The Morgan fingerprint density at radius 3 is 2.62 bits per heavy atom. The second-order valence-corrected chi connectivity index (χ2v) is 8.22. The standard InChI is InChI=1S/C16H26N2O2S/c19-15-14(3-7-18(15)13-1-2-13)17-8-4-16(20-10-9-17)5-11-21-12-6-16/h13-14H,1-12H2. The van der Waals surface area contributed by atoms with Crippen molar-refractivity contribution in [3.05, 3.63) is 0 Å². The summed E-state index contributed by atoms with van der Waals surface area (Å²) in [7, 11) is 0. The zero-order valence-electron chi connectivity index (χ0n) is 12.8. The van der Waals surface area contributed by atoms with Gasteiger partial charge in [-0.15, -0.1) is 0 Å². The Balaban J connectivity index is 1.39. The lowest BCUT2D eigenvalue weighted by molar-refractivity contribution is -0.132. The van der Waals surface area contributed by atoms with Crippen molar-refractivity contribution >= 4 is 17.7 Å². The number of hydrogen-bond acceptors (Lipinski definition) is 4. The Labute approximate surface area is 131 Å². The average molecular weight is 310 g/mol. The summed E-state index contributed by atoms with van der Waals surface area (Å²) in [5, 5.41) is 0. The summed E-state index contributed by atoms with van der Waals surface area (Å²) in [6.45, 7) is 3.76. The molecule has 5 heteroatoms. The minimum atomic E-state index is 0.123. The molecule has 0 aromatic heterocycles. The predicted molar refractivity (Wildman–Crippen MR) is 84.6 cm³/mol. The molecule has 21 heavy (non-hydrogen) atoms. The first-order valence-electron chi connectivity index (χ1n) is 8.54. The van der Waals surface area contributed by atoms with E-state index in [2.05, 4.69) is 21.6 Å². The zero-order chi connectivity index (χ0) is 14.3. The van der Waals surface area contributed by atoms with Crippen LogP contribution in [0.2, 0.25) is 0 Å². The fourth-order valence-corrected chi connectivity index (χ4v) is 5.37. The smallest absolute Gasteiger partial charge is 0.240 e. The third kappa shape index (κ3) is 2.84. The first-order chi connectivity index (χ1) is 10.3. The van der Waals surface area contributed by atoms with Gasteiger partial charge >= 0.3 is 0 Å². The molecule has 1 saturated carbocycles. The zero-order valence-corrected chi connectivity index (χ0v) is 13.6. The SMILES string of the molecule is O=C1C(N2CCOC3(CCSCC3)CC2)CCN1C1CC1. The van der Waals surface area contributed by atoms with Gasteiger partial charge in [-0.25, -0.2) is 0 Å². The summed E-state index contributed by atoms with van der Waals surface area (Å²) in [4.78, 5) is 17.2. The second kappa shape index (κ2) is 5.74. The molecule has 3 aliphatic heterocycles. The van der Waals surface area contributed by atoms with E-state index in [-0.39, 0.29) is 11.6 Å². The summed E-state index contributed by atoms with van der Waals surface area (Å²) in [6.07, 6.45) is 6.97. The van der Waals surface area contributed by atoms with E-state index in [1.54, 1.807) is 0 Å². The lowest BCUT2D eigenvalue weighted by Gasteiger charge is -2.36.